The first-order valence-corrected chi connectivity index (χ1v) is 5.81. The molecule has 0 aliphatic carbocycles. The molecule has 6 heteroatoms. The zero-order chi connectivity index (χ0) is 14.7. The number of para-hydroxylation sites is 1. The number of hydrogen-bond donors (Lipinski definition) is 1. The predicted molar refractivity (Wildman–Crippen MR) is 72.6 cm³/mol. The van der Waals surface area contributed by atoms with Crippen LogP contribution in [0.4, 0.5) is 5.69 Å². The lowest BCUT2D eigenvalue weighted by Gasteiger charge is -2.09. The maximum Gasteiger partial charge on any atom is 0.352 e. The van der Waals surface area contributed by atoms with Crippen LogP contribution < -0.4 is 9.47 Å². The molecule has 104 valence electrons. The van der Waals surface area contributed by atoms with Crippen molar-refractivity contribution in [2.45, 2.75) is 6.92 Å². The van der Waals surface area contributed by atoms with Gasteiger partial charge in [-0.05, 0) is 36.8 Å². The van der Waals surface area contributed by atoms with E-state index in [1.165, 1.54) is 25.3 Å². The molecular weight excluding hydrogens is 262 g/mol. The Kier molecular flexibility index (Phi) is 3.74. The summed E-state index contributed by atoms with van der Waals surface area (Å²) in [5, 5.41) is 20.6. The third-order valence-electron chi connectivity index (χ3n) is 2.63. The zero-order valence-electron chi connectivity index (χ0n) is 11.0. The first-order valence-electron chi connectivity index (χ1n) is 5.81. The fraction of sp³-hybridized carbons (Fsp3) is 0.143. The molecule has 0 saturated carbocycles. The molecule has 0 aliphatic heterocycles. The van der Waals surface area contributed by atoms with Gasteiger partial charge in [0.1, 0.15) is 11.5 Å². The monoisotopic (exact) mass is 275 g/mol. The smallest absolute Gasteiger partial charge is 0.352 e. The Bertz CT molecular complexity index is 634. The van der Waals surface area contributed by atoms with Gasteiger partial charge in [0.15, 0.2) is 0 Å². The van der Waals surface area contributed by atoms with Gasteiger partial charge in [-0.1, -0.05) is 6.07 Å². The van der Waals surface area contributed by atoms with Gasteiger partial charge in [-0.2, -0.15) is 0 Å². The molecule has 0 unspecified atom stereocenters. The molecule has 1 N–H and O–H groups in total. The lowest BCUT2D eigenvalue weighted by atomic mass is 10.2. The van der Waals surface area contributed by atoms with Gasteiger partial charge in [-0.3, -0.25) is 10.1 Å². The van der Waals surface area contributed by atoms with Gasteiger partial charge < -0.3 is 14.6 Å². The Morgan fingerprint density at radius 3 is 2.50 bits per heavy atom. The van der Waals surface area contributed by atoms with Crippen LogP contribution in [0.5, 0.6) is 23.0 Å². The number of phenolic OH excluding ortho intramolecular Hbond substituents is 1. The molecule has 0 heterocycles. The molecule has 2 rings (SSSR count). The van der Waals surface area contributed by atoms with Crippen LogP contribution in [0.15, 0.2) is 36.4 Å². The minimum absolute atomic E-state index is 0.0329. The van der Waals surface area contributed by atoms with E-state index in [9.17, 15) is 15.2 Å². The van der Waals surface area contributed by atoms with E-state index in [-0.39, 0.29) is 22.9 Å². The number of aromatic hydroxyl groups is 1. The first-order chi connectivity index (χ1) is 9.51. The summed E-state index contributed by atoms with van der Waals surface area (Å²) in [5.41, 5.74) is 0.529. The lowest BCUT2D eigenvalue weighted by molar-refractivity contribution is -0.386. The highest BCUT2D eigenvalue weighted by molar-refractivity contribution is 5.58. The van der Waals surface area contributed by atoms with E-state index in [0.717, 1.165) is 5.56 Å². The second kappa shape index (κ2) is 5.48. The molecule has 0 aromatic heterocycles. The maximum absolute atomic E-state index is 11.1. The van der Waals surface area contributed by atoms with Crippen LogP contribution in [-0.4, -0.2) is 17.1 Å². The van der Waals surface area contributed by atoms with E-state index in [1.807, 2.05) is 0 Å². The van der Waals surface area contributed by atoms with Crippen molar-refractivity contribution in [3.05, 3.63) is 52.1 Å². The largest absolute Gasteiger partial charge is 0.508 e. The maximum atomic E-state index is 11.1. The van der Waals surface area contributed by atoms with E-state index in [2.05, 4.69) is 0 Å². The van der Waals surface area contributed by atoms with Gasteiger partial charge in [-0.15, -0.1) is 0 Å². The predicted octanol–water partition coefficient (Wildman–Crippen LogP) is 3.41. The number of nitro groups is 1. The summed E-state index contributed by atoms with van der Waals surface area (Å²) in [7, 11) is 1.35. The quantitative estimate of drug-likeness (QED) is 0.683. The van der Waals surface area contributed by atoms with Crippen LogP contribution in [0, 0.1) is 17.0 Å². The fourth-order valence-corrected chi connectivity index (χ4v) is 1.84. The number of nitrogens with zero attached hydrogens (tertiary/aromatic N) is 1. The standard InChI is InChI=1S/C14H13NO5/c1-9-6-10(16)8-11(7-9)20-13-5-3-4-12(19-2)14(13)15(17)18/h3-8,16H,1-2H3. The minimum atomic E-state index is -0.566. The number of methoxy groups -OCH3 is 1. The van der Waals surface area contributed by atoms with E-state index < -0.39 is 4.92 Å². The number of benzene rings is 2. The molecule has 0 atom stereocenters. The van der Waals surface area contributed by atoms with Crippen molar-refractivity contribution in [1.29, 1.82) is 0 Å². The number of rotatable bonds is 4. The molecule has 20 heavy (non-hydrogen) atoms. The van der Waals surface area contributed by atoms with E-state index in [1.54, 1.807) is 25.1 Å². The van der Waals surface area contributed by atoms with Crippen molar-refractivity contribution in [1.82, 2.24) is 0 Å². The summed E-state index contributed by atoms with van der Waals surface area (Å²) >= 11 is 0. The third-order valence-corrected chi connectivity index (χ3v) is 2.63. The second-order valence-electron chi connectivity index (χ2n) is 4.17. The number of hydrogen-bond acceptors (Lipinski definition) is 5. The third kappa shape index (κ3) is 2.80. The van der Waals surface area contributed by atoms with Gasteiger partial charge in [0.2, 0.25) is 11.5 Å². The summed E-state index contributed by atoms with van der Waals surface area (Å²) in [6, 6.07) is 9.17. The normalized spacial score (nSPS) is 10.1. The Labute approximate surface area is 115 Å². The van der Waals surface area contributed by atoms with Crippen molar-refractivity contribution in [2.75, 3.05) is 7.11 Å². The van der Waals surface area contributed by atoms with E-state index in [0.29, 0.717) is 5.75 Å². The molecule has 0 saturated heterocycles. The van der Waals surface area contributed by atoms with Gasteiger partial charge in [0, 0.05) is 6.07 Å². The Morgan fingerprint density at radius 2 is 1.90 bits per heavy atom. The number of ether oxygens (including phenoxy) is 2. The molecule has 0 fully saturated rings. The topological polar surface area (TPSA) is 81.8 Å². The number of aryl methyl sites for hydroxylation is 1. The zero-order valence-corrected chi connectivity index (χ0v) is 11.0. The van der Waals surface area contributed by atoms with Crippen molar-refractivity contribution >= 4 is 5.69 Å². The molecule has 0 radical (unpaired) electrons. The molecule has 0 spiro atoms. The van der Waals surface area contributed by atoms with Crippen LogP contribution in [-0.2, 0) is 0 Å². The highest BCUT2D eigenvalue weighted by Crippen LogP contribution is 2.39. The second-order valence-corrected chi connectivity index (χ2v) is 4.17. The number of nitro benzene ring substituents is 1. The fourth-order valence-electron chi connectivity index (χ4n) is 1.84. The van der Waals surface area contributed by atoms with Crippen molar-refractivity contribution in [3.63, 3.8) is 0 Å². The highest BCUT2D eigenvalue weighted by Gasteiger charge is 2.22. The average molecular weight is 275 g/mol. The van der Waals surface area contributed by atoms with Gasteiger partial charge in [-0.25, -0.2) is 0 Å². The summed E-state index contributed by atoms with van der Waals surface area (Å²) < 4.78 is 10.5. The van der Waals surface area contributed by atoms with E-state index >= 15 is 0 Å². The molecule has 0 aliphatic rings. The molecule has 2 aromatic rings. The SMILES string of the molecule is COc1cccc(Oc2cc(C)cc(O)c2)c1[N+](=O)[O-]. The van der Waals surface area contributed by atoms with Gasteiger partial charge in [0.25, 0.3) is 0 Å². The Morgan fingerprint density at radius 1 is 1.20 bits per heavy atom. The van der Waals surface area contributed by atoms with E-state index in [4.69, 9.17) is 9.47 Å². The summed E-state index contributed by atoms with van der Waals surface area (Å²) in [5.74, 6) is 0.521. The van der Waals surface area contributed by atoms with Crippen LogP contribution in [0.25, 0.3) is 0 Å². The number of phenols is 1. The highest BCUT2D eigenvalue weighted by atomic mass is 16.6. The van der Waals surface area contributed by atoms with Crippen LogP contribution >= 0.6 is 0 Å². The molecule has 6 nitrogen and oxygen atoms in total. The van der Waals surface area contributed by atoms with Gasteiger partial charge in [0.05, 0.1) is 12.0 Å². The van der Waals surface area contributed by atoms with Crippen LogP contribution in [0.2, 0.25) is 0 Å². The summed E-state index contributed by atoms with van der Waals surface area (Å²) in [6.07, 6.45) is 0. The summed E-state index contributed by atoms with van der Waals surface area (Å²) in [4.78, 5) is 10.6. The lowest BCUT2D eigenvalue weighted by Crippen LogP contribution is -1.97. The minimum Gasteiger partial charge on any atom is -0.508 e. The van der Waals surface area contributed by atoms with Crippen LogP contribution in [0.1, 0.15) is 5.56 Å². The molecule has 0 bridgehead atoms. The molecule has 2 aromatic carbocycles. The Balaban J connectivity index is 2.45. The van der Waals surface area contributed by atoms with Crippen molar-refractivity contribution in [2.24, 2.45) is 0 Å². The Hall–Kier alpha value is -2.76. The van der Waals surface area contributed by atoms with Crippen molar-refractivity contribution < 1.29 is 19.5 Å². The van der Waals surface area contributed by atoms with Crippen LogP contribution in [0.3, 0.4) is 0 Å². The molecular formula is C14H13NO5. The average Bonchev–Trinajstić information content (AvgIpc) is 2.36. The molecule has 0 amide bonds. The van der Waals surface area contributed by atoms with Gasteiger partial charge >= 0.3 is 5.69 Å². The van der Waals surface area contributed by atoms with Crippen molar-refractivity contribution in [3.8, 4) is 23.0 Å². The first kappa shape index (κ1) is 13.7. The summed E-state index contributed by atoms with van der Waals surface area (Å²) in [6.45, 7) is 1.78.